The van der Waals surface area contributed by atoms with Crippen LogP contribution in [0.3, 0.4) is 0 Å². The molecule has 1 N–H and O–H groups in total. The summed E-state index contributed by atoms with van der Waals surface area (Å²) in [4.78, 5) is 0. The lowest BCUT2D eigenvalue weighted by Gasteiger charge is -2.21. The fraction of sp³-hybridized carbons (Fsp3) is 0.455. The average molecular weight is 318 g/mol. The van der Waals surface area contributed by atoms with Crippen molar-refractivity contribution in [3.8, 4) is 5.75 Å². The van der Waals surface area contributed by atoms with E-state index in [4.69, 9.17) is 20.2 Å². The Morgan fingerprint density at radius 2 is 1.62 bits per heavy atom. The third kappa shape index (κ3) is 6.01. The summed E-state index contributed by atoms with van der Waals surface area (Å²) >= 11 is 0. The summed E-state index contributed by atoms with van der Waals surface area (Å²) in [7, 11) is 5.96. The fourth-order valence-corrected chi connectivity index (χ4v) is 2.22. The lowest BCUT2D eigenvalue weighted by Crippen LogP contribution is -2.40. The summed E-state index contributed by atoms with van der Waals surface area (Å²) in [5.74, 6) is -1.81. The molecule has 4 radical (unpaired) electrons. The van der Waals surface area contributed by atoms with Gasteiger partial charge in [0.15, 0.2) is 0 Å². The van der Waals surface area contributed by atoms with Crippen LogP contribution in [0.2, 0.25) is 0 Å². The molecule has 0 bridgehead atoms. The fourth-order valence-electron chi connectivity index (χ4n) is 1.58. The molecule has 1 unspecified atom stereocenters. The first kappa shape index (κ1) is 17.9. The van der Waals surface area contributed by atoms with Crippen LogP contribution in [0.25, 0.3) is 0 Å². The van der Waals surface area contributed by atoms with Gasteiger partial charge in [-0.25, -0.2) is 0 Å². The van der Waals surface area contributed by atoms with Crippen molar-refractivity contribution in [2.24, 2.45) is 0 Å². The van der Waals surface area contributed by atoms with Crippen LogP contribution in [0, 0.1) is 0 Å². The number of halogens is 3. The predicted octanol–water partition coefficient (Wildman–Crippen LogP) is 1.22. The molecule has 0 heterocycles. The second-order valence-corrected chi connectivity index (χ2v) is 5.79. The van der Waals surface area contributed by atoms with Gasteiger partial charge in [-0.2, -0.15) is 21.6 Å². The number of hydrogen-bond donors (Lipinski definition) is 1. The van der Waals surface area contributed by atoms with Crippen LogP contribution >= 0.6 is 0 Å². The minimum absolute atomic E-state index is 0.0547. The molecule has 1 atom stereocenters. The van der Waals surface area contributed by atoms with Gasteiger partial charge in [-0.3, -0.25) is 4.55 Å². The molecule has 0 fully saturated rings. The Labute approximate surface area is 123 Å². The summed E-state index contributed by atoms with van der Waals surface area (Å²) in [6, 6.07) is 4.10. The molecular weight excluding hydrogens is 307 g/mol. The highest BCUT2D eigenvalue weighted by Gasteiger charge is 2.44. The zero-order valence-corrected chi connectivity index (χ0v) is 11.6. The lowest BCUT2D eigenvalue weighted by atomic mass is 9.91. The topological polar surface area (TPSA) is 63.6 Å². The summed E-state index contributed by atoms with van der Waals surface area (Å²) in [5.41, 5.74) is 0.974. The van der Waals surface area contributed by atoms with Crippen molar-refractivity contribution in [2.75, 3.05) is 5.75 Å². The van der Waals surface area contributed by atoms with E-state index < -0.39 is 28.2 Å². The van der Waals surface area contributed by atoms with Gasteiger partial charge in [0.05, 0.1) is 15.7 Å². The Hall–Kier alpha value is -1.15. The SMILES string of the molecule is [B]Cc1cc(C[B])cc(OC(CS(=O)(=O)O)C(F)(F)F)c1. The molecule has 0 aromatic heterocycles. The molecule has 10 heteroatoms. The molecule has 1 rings (SSSR count). The van der Waals surface area contributed by atoms with Gasteiger partial charge in [0.25, 0.3) is 10.1 Å². The predicted molar refractivity (Wildman–Crippen MR) is 72.2 cm³/mol. The highest BCUT2D eigenvalue weighted by molar-refractivity contribution is 7.85. The average Bonchev–Trinajstić information content (AvgIpc) is 2.34. The largest absolute Gasteiger partial charge is 0.480 e. The van der Waals surface area contributed by atoms with Crippen LogP contribution in [-0.2, 0) is 22.8 Å². The molecule has 0 aliphatic carbocycles. The number of rotatable bonds is 6. The van der Waals surface area contributed by atoms with Gasteiger partial charge >= 0.3 is 6.18 Å². The molecule has 1 aromatic rings. The van der Waals surface area contributed by atoms with Crippen molar-refractivity contribution in [2.45, 2.75) is 24.9 Å². The van der Waals surface area contributed by atoms with Crippen molar-refractivity contribution >= 4 is 25.8 Å². The Balaban J connectivity index is 3.08. The zero-order chi connectivity index (χ0) is 16.3. The molecule has 1 aromatic carbocycles. The molecule has 21 heavy (non-hydrogen) atoms. The molecule has 0 aliphatic heterocycles. The third-order valence-corrected chi connectivity index (χ3v) is 3.23. The number of benzene rings is 1. The van der Waals surface area contributed by atoms with Crippen LogP contribution in [0.5, 0.6) is 5.75 Å². The first-order valence-corrected chi connectivity index (χ1v) is 7.37. The maximum atomic E-state index is 12.8. The quantitative estimate of drug-likeness (QED) is 0.633. The second kappa shape index (κ2) is 6.74. The zero-order valence-electron chi connectivity index (χ0n) is 10.8. The molecular formula is C11H11B2F3O4S. The van der Waals surface area contributed by atoms with Gasteiger partial charge in [-0.05, 0) is 12.1 Å². The summed E-state index contributed by atoms with van der Waals surface area (Å²) in [6.45, 7) is 0. The van der Waals surface area contributed by atoms with E-state index in [1.165, 1.54) is 12.1 Å². The number of hydrogen-bond acceptors (Lipinski definition) is 3. The van der Waals surface area contributed by atoms with Crippen molar-refractivity contribution in [3.05, 3.63) is 29.3 Å². The highest BCUT2D eigenvalue weighted by Crippen LogP contribution is 2.27. The molecule has 0 aliphatic rings. The Morgan fingerprint density at radius 3 is 1.95 bits per heavy atom. The van der Waals surface area contributed by atoms with Crippen LogP contribution in [0.15, 0.2) is 18.2 Å². The van der Waals surface area contributed by atoms with Gasteiger partial charge in [0.1, 0.15) is 11.5 Å². The van der Waals surface area contributed by atoms with Gasteiger partial charge in [-0.15, -0.1) is 0 Å². The Kier molecular flexibility index (Phi) is 5.75. The number of alkyl halides is 3. The molecule has 0 amide bonds. The van der Waals surface area contributed by atoms with E-state index in [-0.39, 0.29) is 18.4 Å². The van der Waals surface area contributed by atoms with Crippen LogP contribution < -0.4 is 4.74 Å². The monoisotopic (exact) mass is 318 g/mol. The molecule has 0 spiro atoms. The van der Waals surface area contributed by atoms with Crippen molar-refractivity contribution < 1.29 is 30.9 Å². The van der Waals surface area contributed by atoms with E-state index in [9.17, 15) is 21.6 Å². The van der Waals surface area contributed by atoms with Gasteiger partial charge in [0, 0.05) is 0 Å². The third-order valence-electron chi connectivity index (χ3n) is 2.50. The number of ether oxygens (including phenoxy) is 1. The normalized spacial score (nSPS) is 13.9. The first-order chi connectivity index (χ1) is 9.55. The molecule has 0 saturated carbocycles. The van der Waals surface area contributed by atoms with Crippen LogP contribution in [0.4, 0.5) is 13.2 Å². The molecule has 0 saturated heterocycles. The lowest BCUT2D eigenvalue weighted by molar-refractivity contribution is -0.188. The maximum Gasteiger partial charge on any atom is 0.426 e. The van der Waals surface area contributed by atoms with Crippen molar-refractivity contribution in [1.82, 2.24) is 0 Å². The summed E-state index contributed by atoms with van der Waals surface area (Å²) in [6.07, 6.45) is -7.54. The van der Waals surface area contributed by atoms with E-state index in [2.05, 4.69) is 4.74 Å². The Morgan fingerprint density at radius 1 is 1.14 bits per heavy atom. The van der Waals surface area contributed by atoms with Crippen molar-refractivity contribution in [3.63, 3.8) is 0 Å². The first-order valence-electron chi connectivity index (χ1n) is 5.76. The van der Waals surface area contributed by atoms with Gasteiger partial charge < -0.3 is 4.74 Å². The van der Waals surface area contributed by atoms with Crippen LogP contribution in [0.1, 0.15) is 11.1 Å². The van der Waals surface area contributed by atoms with Gasteiger partial charge in [-0.1, -0.05) is 29.8 Å². The minimum atomic E-state index is -4.96. The van der Waals surface area contributed by atoms with Gasteiger partial charge in [0.2, 0.25) is 6.10 Å². The standard InChI is InChI=1S/C11H11B2F3O4S/c12-4-7-1-8(5-13)3-9(2-7)20-10(11(14,15)16)6-21(17,18)19/h1-3,10H,4-6H2,(H,17,18,19). The molecule has 112 valence electrons. The minimum Gasteiger partial charge on any atom is -0.480 e. The summed E-state index contributed by atoms with van der Waals surface area (Å²) in [5, 5.41) is 0. The second-order valence-electron chi connectivity index (χ2n) is 4.29. The molecule has 4 nitrogen and oxygen atoms in total. The van der Waals surface area contributed by atoms with E-state index >= 15 is 0 Å². The smallest absolute Gasteiger partial charge is 0.426 e. The van der Waals surface area contributed by atoms with Crippen LogP contribution in [-0.4, -0.2) is 46.7 Å². The maximum absolute atomic E-state index is 12.8. The Bertz CT molecular complexity index is 567. The van der Waals surface area contributed by atoms with E-state index in [0.29, 0.717) is 11.1 Å². The highest BCUT2D eigenvalue weighted by atomic mass is 32.2. The van der Waals surface area contributed by atoms with Crippen molar-refractivity contribution in [1.29, 1.82) is 0 Å². The van der Waals surface area contributed by atoms with E-state index in [1.807, 2.05) is 0 Å². The summed E-state index contributed by atoms with van der Waals surface area (Å²) < 4.78 is 72.8. The van der Waals surface area contributed by atoms with E-state index in [0.717, 1.165) is 0 Å². The van der Waals surface area contributed by atoms with E-state index in [1.54, 1.807) is 6.07 Å².